The van der Waals surface area contributed by atoms with Crippen molar-refractivity contribution in [2.24, 2.45) is 0 Å². The molecule has 0 saturated carbocycles. The number of piperidine rings is 1. The molecule has 0 aromatic carbocycles. The van der Waals surface area contributed by atoms with Crippen molar-refractivity contribution in [1.82, 2.24) is 25.0 Å². The van der Waals surface area contributed by atoms with Crippen LogP contribution in [0.4, 0.5) is 0 Å². The number of nitrogens with one attached hydrogen (secondary N) is 1. The fourth-order valence-corrected chi connectivity index (χ4v) is 3.71. The molecular weight excluding hydrogens is 286 g/mol. The molecule has 1 aromatic heterocycles. The summed E-state index contributed by atoms with van der Waals surface area (Å²) in [4.78, 5) is 6.30. The van der Waals surface area contributed by atoms with Gasteiger partial charge in [0.05, 0.1) is 18.8 Å². The number of fused-ring (bicyclic) bond motifs is 2. The molecule has 3 aliphatic heterocycles. The summed E-state index contributed by atoms with van der Waals surface area (Å²) in [6.07, 6.45) is 4.10. The molecule has 0 amide bonds. The van der Waals surface area contributed by atoms with Crippen LogP contribution >= 0.6 is 0 Å². The van der Waals surface area contributed by atoms with Crippen LogP contribution in [-0.2, 0) is 9.47 Å². The van der Waals surface area contributed by atoms with Gasteiger partial charge in [0.1, 0.15) is 24.8 Å². The van der Waals surface area contributed by atoms with Crippen LogP contribution in [-0.4, -0.2) is 82.1 Å². The lowest BCUT2D eigenvalue weighted by molar-refractivity contribution is -0.169. The van der Waals surface area contributed by atoms with Crippen LogP contribution in [0.3, 0.4) is 0 Å². The number of nitrogens with zero attached hydrogens (tertiary/aromatic N) is 4. The number of aliphatic hydroxyl groups is 1. The Bertz CT molecular complexity index is 491. The molecular formula is C14H23N5O3. The Hall–Kier alpha value is -1.06. The Morgan fingerprint density at radius 1 is 1.32 bits per heavy atom. The van der Waals surface area contributed by atoms with E-state index in [1.807, 2.05) is 0 Å². The maximum Gasteiger partial charge on any atom is 0.183 e. The molecule has 4 rings (SSSR count). The van der Waals surface area contributed by atoms with Crippen molar-refractivity contribution in [3.8, 4) is 0 Å². The van der Waals surface area contributed by atoms with Gasteiger partial charge in [-0.2, -0.15) is 5.10 Å². The third-order valence-electron chi connectivity index (χ3n) is 5.02. The van der Waals surface area contributed by atoms with E-state index in [-0.39, 0.29) is 18.2 Å². The van der Waals surface area contributed by atoms with Crippen LogP contribution in [0.1, 0.15) is 18.9 Å². The average molecular weight is 309 g/mol. The monoisotopic (exact) mass is 309 g/mol. The van der Waals surface area contributed by atoms with E-state index in [0.29, 0.717) is 12.6 Å². The standard InChI is InChI=1S/C14H23N5O3/c1-18-4-2-9(3-5-18)17-11-10-6-21-14(22-10)12(13(11)20)19-8-15-7-16-19/h7-14,17,20H,2-6H2,1H3. The van der Waals surface area contributed by atoms with Crippen LogP contribution in [0.2, 0.25) is 0 Å². The quantitative estimate of drug-likeness (QED) is 0.740. The fraction of sp³-hybridized carbons (Fsp3) is 0.857. The Morgan fingerprint density at radius 3 is 2.86 bits per heavy atom. The summed E-state index contributed by atoms with van der Waals surface area (Å²) >= 11 is 0. The van der Waals surface area contributed by atoms with Crippen molar-refractivity contribution in [2.75, 3.05) is 26.7 Å². The van der Waals surface area contributed by atoms with E-state index in [2.05, 4.69) is 27.3 Å². The van der Waals surface area contributed by atoms with Crippen molar-refractivity contribution in [1.29, 1.82) is 0 Å². The summed E-state index contributed by atoms with van der Waals surface area (Å²) < 4.78 is 13.3. The van der Waals surface area contributed by atoms with Gasteiger partial charge in [-0.1, -0.05) is 0 Å². The molecule has 3 saturated heterocycles. The second kappa shape index (κ2) is 5.86. The van der Waals surface area contributed by atoms with E-state index < -0.39 is 12.4 Å². The highest BCUT2D eigenvalue weighted by atomic mass is 16.7. The second-order valence-corrected chi connectivity index (χ2v) is 6.50. The topological polar surface area (TPSA) is 84.7 Å². The summed E-state index contributed by atoms with van der Waals surface area (Å²) in [5.41, 5.74) is 0. The molecule has 22 heavy (non-hydrogen) atoms. The highest BCUT2D eigenvalue weighted by molar-refractivity contribution is 5.00. The van der Waals surface area contributed by atoms with E-state index in [1.165, 1.54) is 6.33 Å². The van der Waals surface area contributed by atoms with Crippen LogP contribution in [0.25, 0.3) is 0 Å². The van der Waals surface area contributed by atoms with E-state index >= 15 is 0 Å². The van der Waals surface area contributed by atoms with Crippen molar-refractivity contribution in [2.45, 2.75) is 49.5 Å². The zero-order valence-corrected chi connectivity index (χ0v) is 12.7. The molecule has 0 radical (unpaired) electrons. The normalized spacial score (nSPS) is 40.2. The van der Waals surface area contributed by atoms with Crippen molar-refractivity contribution in [3.63, 3.8) is 0 Å². The lowest BCUT2D eigenvalue weighted by atomic mass is 9.94. The lowest BCUT2D eigenvalue weighted by Gasteiger charge is -2.41. The smallest absolute Gasteiger partial charge is 0.183 e. The van der Waals surface area contributed by atoms with Crippen molar-refractivity contribution < 1.29 is 14.6 Å². The van der Waals surface area contributed by atoms with Gasteiger partial charge < -0.3 is 24.8 Å². The SMILES string of the molecule is CN1CCC(NC2C3COC(O3)C(n3cncn3)C2O)CC1. The molecule has 5 unspecified atom stereocenters. The van der Waals surface area contributed by atoms with Gasteiger partial charge in [0.25, 0.3) is 0 Å². The largest absolute Gasteiger partial charge is 0.389 e. The molecule has 1 aromatic rings. The maximum absolute atomic E-state index is 10.8. The number of hydrogen-bond donors (Lipinski definition) is 2. The average Bonchev–Trinajstić information content (AvgIpc) is 3.17. The fourth-order valence-electron chi connectivity index (χ4n) is 3.71. The van der Waals surface area contributed by atoms with Gasteiger partial charge in [-0.05, 0) is 33.0 Å². The second-order valence-electron chi connectivity index (χ2n) is 6.50. The van der Waals surface area contributed by atoms with Gasteiger partial charge in [0.15, 0.2) is 6.29 Å². The van der Waals surface area contributed by atoms with Gasteiger partial charge >= 0.3 is 0 Å². The van der Waals surface area contributed by atoms with Gasteiger partial charge in [0.2, 0.25) is 0 Å². The minimum absolute atomic E-state index is 0.0978. The summed E-state index contributed by atoms with van der Waals surface area (Å²) in [6, 6.07) is -0.0839. The Morgan fingerprint density at radius 2 is 2.14 bits per heavy atom. The number of ether oxygens (including phenoxy) is 2. The van der Waals surface area contributed by atoms with Crippen LogP contribution in [0.5, 0.6) is 0 Å². The maximum atomic E-state index is 10.8. The first-order valence-corrected chi connectivity index (χ1v) is 7.96. The van der Waals surface area contributed by atoms with Crippen LogP contribution in [0.15, 0.2) is 12.7 Å². The van der Waals surface area contributed by atoms with Gasteiger partial charge in [-0.25, -0.2) is 9.67 Å². The minimum Gasteiger partial charge on any atom is -0.389 e. The molecule has 5 atom stereocenters. The molecule has 8 nitrogen and oxygen atoms in total. The molecule has 3 fully saturated rings. The molecule has 0 aliphatic carbocycles. The molecule has 2 N–H and O–H groups in total. The molecule has 2 bridgehead atoms. The van der Waals surface area contributed by atoms with Crippen LogP contribution < -0.4 is 5.32 Å². The zero-order chi connectivity index (χ0) is 15.1. The van der Waals surface area contributed by atoms with Crippen molar-refractivity contribution >= 4 is 0 Å². The number of rotatable bonds is 3. The highest BCUT2D eigenvalue weighted by Gasteiger charge is 2.51. The van der Waals surface area contributed by atoms with Crippen LogP contribution in [0, 0.1) is 0 Å². The van der Waals surface area contributed by atoms with E-state index in [9.17, 15) is 5.11 Å². The van der Waals surface area contributed by atoms with Crippen molar-refractivity contribution in [3.05, 3.63) is 12.7 Å². The first kappa shape index (κ1) is 14.5. The Labute approximate surface area is 129 Å². The lowest BCUT2D eigenvalue weighted by Crippen LogP contribution is -2.60. The first-order valence-electron chi connectivity index (χ1n) is 7.96. The van der Waals surface area contributed by atoms with Gasteiger partial charge in [-0.3, -0.25) is 0 Å². The summed E-state index contributed by atoms with van der Waals surface area (Å²) in [6.45, 7) is 2.67. The third-order valence-corrected chi connectivity index (χ3v) is 5.02. The number of likely N-dealkylation sites (tertiary alicyclic amines) is 1. The Balaban J connectivity index is 1.49. The van der Waals surface area contributed by atoms with E-state index in [4.69, 9.17) is 9.47 Å². The van der Waals surface area contributed by atoms with E-state index in [0.717, 1.165) is 25.9 Å². The summed E-state index contributed by atoms with van der Waals surface area (Å²) in [5.74, 6) is 0. The third kappa shape index (κ3) is 2.55. The molecule has 8 heteroatoms. The predicted molar refractivity (Wildman–Crippen MR) is 77.1 cm³/mol. The van der Waals surface area contributed by atoms with Gasteiger partial charge in [0, 0.05) is 6.04 Å². The molecule has 4 heterocycles. The molecule has 0 spiro atoms. The number of hydrogen-bond acceptors (Lipinski definition) is 7. The highest BCUT2D eigenvalue weighted by Crippen LogP contribution is 2.35. The first-order chi connectivity index (χ1) is 10.7. The molecule has 122 valence electrons. The van der Waals surface area contributed by atoms with Gasteiger partial charge in [-0.15, -0.1) is 0 Å². The molecule has 3 aliphatic rings. The minimum atomic E-state index is -0.604. The predicted octanol–water partition coefficient (Wildman–Crippen LogP) is -1.01. The Kier molecular flexibility index (Phi) is 3.87. The summed E-state index contributed by atoms with van der Waals surface area (Å²) in [7, 11) is 2.14. The number of aliphatic hydroxyl groups excluding tert-OH is 1. The zero-order valence-electron chi connectivity index (χ0n) is 12.7. The summed E-state index contributed by atoms with van der Waals surface area (Å²) in [5, 5.41) is 18.6. The van der Waals surface area contributed by atoms with E-state index in [1.54, 1.807) is 11.0 Å². The number of aromatic nitrogens is 3.